The first-order chi connectivity index (χ1) is 6.61. The number of likely N-dealkylation sites (N-methyl/N-ethyl adjacent to an activating group) is 1. The molecule has 0 aromatic carbocycles. The Balaban J connectivity index is 2.47. The molecule has 0 aliphatic carbocycles. The van der Waals surface area contributed by atoms with Gasteiger partial charge in [-0.1, -0.05) is 0 Å². The van der Waals surface area contributed by atoms with E-state index < -0.39 is 0 Å². The summed E-state index contributed by atoms with van der Waals surface area (Å²) < 4.78 is 1.71. The molecule has 1 aromatic rings. The first-order valence-electron chi connectivity index (χ1n) is 4.65. The van der Waals surface area contributed by atoms with Gasteiger partial charge in [0.1, 0.15) is 5.82 Å². The Labute approximate surface area is 82.5 Å². The Morgan fingerprint density at radius 1 is 1.57 bits per heavy atom. The number of nitrogens with two attached hydrogens (primary N) is 1. The zero-order valence-corrected chi connectivity index (χ0v) is 8.40. The van der Waals surface area contributed by atoms with E-state index in [1.807, 2.05) is 7.05 Å². The van der Waals surface area contributed by atoms with Crippen molar-refractivity contribution in [3.05, 3.63) is 11.8 Å². The molecule has 0 bridgehead atoms. The Kier molecular flexibility index (Phi) is 2.03. The molecule has 1 aliphatic heterocycles. The van der Waals surface area contributed by atoms with Gasteiger partial charge in [0.05, 0.1) is 12.2 Å². The topological polar surface area (TPSA) is 64.2 Å². The lowest BCUT2D eigenvalue weighted by atomic mass is 10.1. The van der Waals surface area contributed by atoms with E-state index in [1.165, 1.54) is 0 Å². The fraction of sp³-hybridized carbons (Fsp3) is 0.556. The van der Waals surface area contributed by atoms with Gasteiger partial charge in [-0.15, -0.1) is 0 Å². The second-order valence-electron chi connectivity index (χ2n) is 3.66. The predicted octanol–water partition coefficient (Wildman–Crippen LogP) is -0.344. The lowest BCUT2D eigenvalue weighted by Crippen LogP contribution is -2.41. The Bertz CT molecular complexity index is 371. The van der Waals surface area contributed by atoms with Crippen molar-refractivity contribution in [2.45, 2.75) is 18.9 Å². The van der Waals surface area contributed by atoms with Crippen molar-refractivity contribution in [1.82, 2.24) is 9.78 Å². The summed E-state index contributed by atoms with van der Waals surface area (Å²) in [6.07, 6.45) is 3.32. The van der Waals surface area contributed by atoms with Crippen LogP contribution in [0.4, 0.5) is 5.82 Å². The van der Waals surface area contributed by atoms with Crippen molar-refractivity contribution in [1.29, 1.82) is 0 Å². The zero-order chi connectivity index (χ0) is 10.3. The number of nitrogens with zero attached hydrogens (tertiary/aromatic N) is 3. The number of aryl methyl sites for hydroxylation is 2. The number of carbonyl (C=O) groups excluding carboxylic acids is 1. The molecule has 0 saturated heterocycles. The minimum absolute atomic E-state index is 0.0349. The smallest absolute Gasteiger partial charge is 0.244 e. The van der Waals surface area contributed by atoms with Crippen LogP contribution in [0.15, 0.2) is 6.20 Å². The third-order valence-corrected chi connectivity index (χ3v) is 2.67. The molecule has 5 heteroatoms. The van der Waals surface area contributed by atoms with Gasteiger partial charge in [0.2, 0.25) is 5.91 Å². The van der Waals surface area contributed by atoms with Crippen LogP contribution >= 0.6 is 0 Å². The standard InChI is InChI=1S/C9H14N4O/c1-12-8-6(5-11-13(8)2)3-4-7(10)9(12)14/h5,7H,3-4,10H2,1-2H3. The van der Waals surface area contributed by atoms with E-state index in [9.17, 15) is 4.79 Å². The van der Waals surface area contributed by atoms with Crippen LogP contribution in [-0.2, 0) is 18.3 Å². The Hall–Kier alpha value is -1.36. The van der Waals surface area contributed by atoms with Crippen molar-refractivity contribution in [2.24, 2.45) is 12.8 Å². The third kappa shape index (κ3) is 1.21. The van der Waals surface area contributed by atoms with Crippen molar-refractivity contribution in [3.63, 3.8) is 0 Å². The van der Waals surface area contributed by atoms with E-state index in [1.54, 1.807) is 22.8 Å². The van der Waals surface area contributed by atoms with Crippen molar-refractivity contribution < 1.29 is 4.79 Å². The molecule has 76 valence electrons. The first kappa shape index (κ1) is 9.21. The molecule has 0 radical (unpaired) electrons. The van der Waals surface area contributed by atoms with Crippen LogP contribution in [0, 0.1) is 0 Å². The highest BCUT2D eigenvalue weighted by Gasteiger charge is 2.27. The molecule has 5 nitrogen and oxygen atoms in total. The van der Waals surface area contributed by atoms with Crippen LogP contribution in [-0.4, -0.2) is 28.8 Å². The number of fused-ring (bicyclic) bond motifs is 1. The molecule has 14 heavy (non-hydrogen) atoms. The van der Waals surface area contributed by atoms with Crippen molar-refractivity contribution >= 4 is 11.7 Å². The fourth-order valence-electron chi connectivity index (χ4n) is 1.87. The summed E-state index contributed by atoms with van der Waals surface area (Å²) in [5.41, 5.74) is 6.83. The highest BCUT2D eigenvalue weighted by molar-refractivity contribution is 5.97. The summed E-state index contributed by atoms with van der Waals surface area (Å²) in [5.74, 6) is 0.829. The molecule has 2 heterocycles. The monoisotopic (exact) mass is 194 g/mol. The van der Waals surface area contributed by atoms with E-state index in [-0.39, 0.29) is 11.9 Å². The summed E-state index contributed by atoms with van der Waals surface area (Å²) in [4.78, 5) is 13.3. The third-order valence-electron chi connectivity index (χ3n) is 2.67. The van der Waals surface area contributed by atoms with Crippen LogP contribution in [0.2, 0.25) is 0 Å². The molecule has 0 spiro atoms. The molecule has 1 amide bonds. The Morgan fingerprint density at radius 3 is 3.00 bits per heavy atom. The van der Waals surface area contributed by atoms with Crippen LogP contribution in [0.3, 0.4) is 0 Å². The quantitative estimate of drug-likeness (QED) is 0.614. The van der Waals surface area contributed by atoms with Gasteiger partial charge in [-0.05, 0) is 12.8 Å². The van der Waals surface area contributed by atoms with Gasteiger partial charge >= 0.3 is 0 Å². The molecule has 0 fully saturated rings. The summed E-state index contributed by atoms with van der Waals surface area (Å²) in [5, 5.41) is 4.13. The molecular formula is C9H14N4O. The van der Waals surface area contributed by atoms with Crippen LogP contribution in [0.1, 0.15) is 12.0 Å². The molecule has 1 atom stereocenters. The number of rotatable bonds is 0. The minimum atomic E-state index is -0.382. The van der Waals surface area contributed by atoms with E-state index in [0.29, 0.717) is 6.42 Å². The predicted molar refractivity (Wildman–Crippen MR) is 52.9 cm³/mol. The van der Waals surface area contributed by atoms with Crippen LogP contribution in [0.5, 0.6) is 0 Å². The molecular weight excluding hydrogens is 180 g/mol. The second-order valence-corrected chi connectivity index (χ2v) is 3.66. The van der Waals surface area contributed by atoms with Crippen molar-refractivity contribution in [3.8, 4) is 0 Å². The average Bonchev–Trinajstić information content (AvgIpc) is 2.49. The van der Waals surface area contributed by atoms with E-state index >= 15 is 0 Å². The number of anilines is 1. The van der Waals surface area contributed by atoms with E-state index in [2.05, 4.69) is 5.10 Å². The normalized spacial score (nSPS) is 22.1. The Morgan fingerprint density at radius 2 is 2.29 bits per heavy atom. The number of aromatic nitrogens is 2. The molecule has 0 saturated carbocycles. The van der Waals surface area contributed by atoms with Crippen molar-refractivity contribution in [2.75, 3.05) is 11.9 Å². The van der Waals surface area contributed by atoms with Crippen LogP contribution in [0.25, 0.3) is 0 Å². The minimum Gasteiger partial charge on any atom is -0.320 e. The lowest BCUT2D eigenvalue weighted by molar-refractivity contribution is -0.119. The maximum atomic E-state index is 11.7. The van der Waals surface area contributed by atoms with Gasteiger partial charge in [0.25, 0.3) is 0 Å². The number of carbonyl (C=O) groups is 1. The zero-order valence-electron chi connectivity index (χ0n) is 8.40. The number of amides is 1. The summed E-state index contributed by atoms with van der Waals surface area (Å²) in [6, 6.07) is -0.382. The molecule has 2 rings (SSSR count). The summed E-state index contributed by atoms with van der Waals surface area (Å²) >= 11 is 0. The highest BCUT2D eigenvalue weighted by atomic mass is 16.2. The summed E-state index contributed by atoms with van der Waals surface area (Å²) in [6.45, 7) is 0. The molecule has 2 N–H and O–H groups in total. The first-order valence-corrected chi connectivity index (χ1v) is 4.65. The lowest BCUT2D eigenvalue weighted by Gasteiger charge is -2.18. The molecule has 1 aromatic heterocycles. The van der Waals surface area contributed by atoms with Crippen LogP contribution < -0.4 is 10.6 Å². The number of hydrogen-bond donors (Lipinski definition) is 1. The highest BCUT2D eigenvalue weighted by Crippen LogP contribution is 2.24. The van der Waals surface area contributed by atoms with Gasteiger partial charge in [0.15, 0.2) is 0 Å². The largest absolute Gasteiger partial charge is 0.320 e. The average molecular weight is 194 g/mol. The second kappa shape index (κ2) is 3.09. The van der Waals surface area contributed by atoms with Gasteiger partial charge in [-0.3, -0.25) is 14.4 Å². The van der Waals surface area contributed by atoms with Gasteiger partial charge < -0.3 is 5.73 Å². The maximum Gasteiger partial charge on any atom is 0.244 e. The maximum absolute atomic E-state index is 11.7. The molecule has 1 aliphatic rings. The summed E-state index contributed by atoms with van der Waals surface area (Å²) in [7, 11) is 3.58. The molecule has 1 unspecified atom stereocenters. The van der Waals surface area contributed by atoms with Gasteiger partial charge in [0, 0.05) is 19.7 Å². The van der Waals surface area contributed by atoms with E-state index in [4.69, 9.17) is 5.73 Å². The number of hydrogen-bond acceptors (Lipinski definition) is 3. The van der Waals surface area contributed by atoms with Gasteiger partial charge in [-0.25, -0.2) is 0 Å². The SMILES string of the molecule is CN1C(=O)C(N)CCc2cnn(C)c21. The van der Waals surface area contributed by atoms with E-state index in [0.717, 1.165) is 17.8 Å². The fourth-order valence-corrected chi connectivity index (χ4v) is 1.87. The van der Waals surface area contributed by atoms with Gasteiger partial charge in [-0.2, -0.15) is 5.10 Å².